The smallest absolute Gasteiger partial charge is 0.0458 e. The summed E-state index contributed by atoms with van der Waals surface area (Å²) < 4.78 is 0. The minimum absolute atomic E-state index is 0.830. The summed E-state index contributed by atoms with van der Waals surface area (Å²) in [7, 11) is 0. The highest BCUT2D eigenvalue weighted by molar-refractivity contribution is 5.86. The standard InChI is InChI=1S/C20H24N4/c21-18-6-7-20-19(12-18)17(13-22-20)15-24-10-8-23(9-11-24)14-16-4-2-1-3-5-16/h1-7,12-13,22H,8-11,14-15,21H2. The SMILES string of the molecule is Nc1ccc2[nH]cc(CN3CCN(Cc4ccccc4)CC3)c2c1. The third-order valence-electron chi connectivity index (χ3n) is 4.90. The van der Waals surface area contributed by atoms with Crippen molar-refractivity contribution in [3.8, 4) is 0 Å². The summed E-state index contributed by atoms with van der Waals surface area (Å²) in [4.78, 5) is 8.43. The molecule has 124 valence electrons. The first-order valence-electron chi connectivity index (χ1n) is 8.62. The van der Waals surface area contributed by atoms with Gasteiger partial charge in [0.25, 0.3) is 0 Å². The van der Waals surface area contributed by atoms with Gasteiger partial charge in [-0.25, -0.2) is 0 Å². The average Bonchev–Trinajstić information content (AvgIpc) is 3.00. The van der Waals surface area contributed by atoms with Crippen LogP contribution in [0.25, 0.3) is 10.9 Å². The Morgan fingerprint density at radius 3 is 2.33 bits per heavy atom. The van der Waals surface area contributed by atoms with Crippen LogP contribution < -0.4 is 5.73 Å². The Labute approximate surface area is 142 Å². The molecule has 2 heterocycles. The van der Waals surface area contributed by atoms with E-state index >= 15 is 0 Å². The van der Waals surface area contributed by atoms with E-state index in [1.807, 2.05) is 6.07 Å². The maximum atomic E-state index is 5.94. The van der Waals surface area contributed by atoms with Gasteiger partial charge in [0, 0.05) is 62.1 Å². The Morgan fingerprint density at radius 1 is 0.875 bits per heavy atom. The molecule has 24 heavy (non-hydrogen) atoms. The van der Waals surface area contributed by atoms with E-state index in [9.17, 15) is 0 Å². The second-order valence-corrected chi connectivity index (χ2v) is 6.66. The Hall–Kier alpha value is -2.30. The molecular formula is C20H24N4. The summed E-state index contributed by atoms with van der Waals surface area (Å²) in [6.45, 7) is 6.52. The van der Waals surface area contributed by atoms with E-state index < -0.39 is 0 Å². The molecular weight excluding hydrogens is 296 g/mol. The number of nitrogens with one attached hydrogen (secondary N) is 1. The number of H-pyrrole nitrogens is 1. The number of benzene rings is 2. The topological polar surface area (TPSA) is 48.3 Å². The van der Waals surface area contributed by atoms with Crippen LogP contribution >= 0.6 is 0 Å². The van der Waals surface area contributed by atoms with Gasteiger partial charge in [0.1, 0.15) is 0 Å². The number of hydrogen-bond donors (Lipinski definition) is 2. The number of fused-ring (bicyclic) bond motifs is 1. The Kier molecular flexibility index (Phi) is 4.24. The predicted molar refractivity (Wildman–Crippen MR) is 99.7 cm³/mol. The molecule has 0 amide bonds. The summed E-state index contributed by atoms with van der Waals surface area (Å²) in [6.07, 6.45) is 2.13. The molecule has 0 aliphatic carbocycles. The van der Waals surface area contributed by atoms with Crippen molar-refractivity contribution >= 4 is 16.6 Å². The van der Waals surface area contributed by atoms with Gasteiger partial charge in [0.05, 0.1) is 0 Å². The molecule has 1 fully saturated rings. The van der Waals surface area contributed by atoms with Crippen LogP contribution in [0.3, 0.4) is 0 Å². The third kappa shape index (κ3) is 3.30. The number of anilines is 1. The monoisotopic (exact) mass is 320 g/mol. The summed E-state index contributed by atoms with van der Waals surface area (Å²) in [5.74, 6) is 0. The van der Waals surface area contributed by atoms with Gasteiger partial charge >= 0.3 is 0 Å². The van der Waals surface area contributed by atoms with Crippen molar-refractivity contribution in [2.75, 3.05) is 31.9 Å². The Morgan fingerprint density at radius 2 is 1.58 bits per heavy atom. The molecule has 0 bridgehead atoms. The first-order chi connectivity index (χ1) is 11.8. The third-order valence-corrected chi connectivity index (χ3v) is 4.90. The minimum atomic E-state index is 0.830. The summed E-state index contributed by atoms with van der Waals surface area (Å²) in [5, 5.41) is 1.25. The zero-order valence-corrected chi connectivity index (χ0v) is 13.9. The van der Waals surface area contributed by atoms with Crippen molar-refractivity contribution in [1.82, 2.24) is 14.8 Å². The molecule has 2 aromatic carbocycles. The highest BCUT2D eigenvalue weighted by atomic mass is 15.3. The van der Waals surface area contributed by atoms with Crippen LogP contribution in [0.5, 0.6) is 0 Å². The van der Waals surface area contributed by atoms with E-state index in [0.29, 0.717) is 0 Å². The van der Waals surface area contributed by atoms with Gasteiger partial charge in [0.2, 0.25) is 0 Å². The molecule has 0 saturated carbocycles. The van der Waals surface area contributed by atoms with Crippen LogP contribution in [-0.4, -0.2) is 41.0 Å². The number of aromatic amines is 1. The van der Waals surface area contributed by atoms with Crippen molar-refractivity contribution in [3.63, 3.8) is 0 Å². The maximum Gasteiger partial charge on any atom is 0.0458 e. The van der Waals surface area contributed by atoms with E-state index in [1.165, 1.54) is 22.0 Å². The molecule has 4 nitrogen and oxygen atoms in total. The number of aromatic nitrogens is 1. The van der Waals surface area contributed by atoms with Gasteiger partial charge in [0.15, 0.2) is 0 Å². The fourth-order valence-electron chi connectivity index (χ4n) is 3.51. The lowest BCUT2D eigenvalue weighted by molar-refractivity contribution is 0.122. The van der Waals surface area contributed by atoms with Gasteiger partial charge in [-0.1, -0.05) is 30.3 Å². The lowest BCUT2D eigenvalue weighted by Gasteiger charge is -2.34. The van der Waals surface area contributed by atoms with Gasteiger partial charge < -0.3 is 10.7 Å². The highest BCUT2D eigenvalue weighted by Crippen LogP contribution is 2.22. The molecule has 0 unspecified atom stereocenters. The number of piperazine rings is 1. The maximum absolute atomic E-state index is 5.94. The van der Waals surface area contributed by atoms with E-state index in [2.05, 4.69) is 63.4 Å². The van der Waals surface area contributed by atoms with Crippen LogP contribution in [0.4, 0.5) is 5.69 Å². The second-order valence-electron chi connectivity index (χ2n) is 6.66. The van der Waals surface area contributed by atoms with Crippen LogP contribution in [0.2, 0.25) is 0 Å². The van der Waals surface area contributed by atoms with E-state index in [0.717, 1.165) is 45.0 Å². The molecule has 4 rings (SSSR count). The summed E-state index contributed by atoms with van der Waals surface area (Å²) in [5.41, 5.74) is 10.7. The van der Waals surface area contributed by atoms with Crippen molar-refractivity contribution in [1.29, 1.82) is 0 Å². The van der Waals surface area contributed by atoms with Gasteiger partial charge in [-0.2, -0.15) is 0 Å². The molecule has 0 spiro atoms. The zero-order chi connectivity index (χ0) is 16.4. The van der Waals surface area contributed by atoms with E-state index in [1.54, 1.807) is 0 Å². The van der Waals surface area contributed by atoms with Crippen molar-refractivity contribution < 1.29 is 0 Å². The molecule has 0 radical (unpaired) electrons. The number of nitrogen functional groups attached to an aromatic ring is 1. The van der Waals surface area contributed by atoms with Crippen LogP contribution in [-0.2, 0) is 13.1 Å². The fraction of sp³-hybridized carbons (Fsp3) is 0.300. The molecule has 1 saturated heterocycles. The van der Waals surface area contributed by atoms with Crippen molar-refractivity contribution in [2.24, 2.45) is 0 Å². The van der Waals surface area contributed by atoms with Crippen molar-refractivity contribution in [3.05, 3.63) is 65.9 Å². The predicted octanol–water partition coefficient (Wildman–Crippen LogP) is 3.07. The van der Waals surface area contributed by atoms with E-state index in [-0.39, 0.29) is 0 Å². The van der Waals surface area contributed by atoms with Gasteiger partial charge in [-0.15, -0.1) is 0 Å². The second kappa shape index (κ2) is 6.67. The normalized spacial score (nSPS) is 16.7. The van der Waals surface area contributed by atoms with Gasteiger partial charge in [-0.05, 0) is 29.3 Å². The van der Waals surface area contributed by atoms with Crippen LogP contribution in [0, 0.1) is 0 Å². The van der Waals surface area contributed by atoms with Crippen molar-refractivity contribution in [2.45, 2.75) is 13.1 Å². The number of nitrogens with two attached hydrogens (primary N) is 1. The summed E-state index contributed by atoms with van der Waals surface area (Å²) in [6, 6.07) is 16.8. The quantitative estimate of drug-likeness (QED) is 0.726. The Balaban J connectivity index is 1.36. The number of rotatable bonds is 4. The van der Waals surface area contributed by atoms with Crippen LogP contribution in [0.15, 0.2) is 54.7 Å². The average molecular weight is 320 g/mol. The highest BCUT2D eigenvalue weighted by Gasteiger charge is 2.18. The molecule has 3 N–H and O–H groups in total. The largest absolute Gasteiger partial charge is 0.399 e. The molecule has 4 heteroatoms. The number of nitrogens with zero attached hydrogens (tertiary/aromatic N) is 2. The minimum Gasteiger partial charge on any atom is -0.399 e. The molecule has 0 atom stereocenters. The first-order valence-corrected chi connectivity index (χ1v) is 8.62. The lowest BCUT2D eigenvalue weighted by atomic mass is 10.1. The molecule has 1 aliphatic heterocycles. The van der Waals surface area contributed by atoms with Gasteiger partial charge in [-0.3, -0.25) is 9.80 Å². The zero-order valence-electron chi connectivity index (χ0n) is 13.9. The number of hydrogen-bond acceptors (Lipinski definition) is 3. The molecule has 1 aromatic heterocycles. The fourth-order valence-corrected chi connectivity index (χ4v) is 3.51. The van der Waals surface area contributed by atoms with Crippen LogP contribution in [0.1, 0.15) is 11.1 Å². The lowest BCUT2D eigenvalue weighted by Crippen LogP contribution is -2.45. The van der Waals surface area contributed by atoms with E-state index in [4.69, 9.17) is 5.73 Å². The first kappa shape index (κ1) is 15.2. The molecule has 1 aliphatic rings. The summed E-state index contributed by atoms with van der Waals surface area (Å²) >= 11 is 0. The molecule has 3 aromatic rings. The Bertz CT molecular complexity index is 801.